The van der Waals surface area contributed by atoms with Crippen LogP contribution in [0.25, 0.3) is 0 Å². The average Bonchev–Trinajstić information content (AvgIpc) is 2.60. The fourth-order valence-electron chi connectivity index (χ4n) is 2.89. The highest BCUT2D eigenvalue weighted by molar-refractivity contribution is 6.02. The third-order valence-electron chi connectivity index (χ3n) is 4.32. The van der Waals surface area contributed by atoms with Crippen molar-refractivity contribution in [2.24, 2.45) is 0 Å². The number of rotatable bonds is 6. The molecule has 8 nitrogen and oxygen atoms in total. The van der Waals surface area contributed by atoms with Crippen LogP contribution in [0.4, 0.5) is 30.2 Å². The van der Waals surface area contributed by atoms with Crippen molar-refractivity contribution in [3.63, 3.8) is 0 Å². The van der Waals surface area contributed by atoms with Gasteiger partial charge in [-0.25, -0.2) is 0 Å². The van der Waals surface area contributed by atoms with Crippen LogP contribution in [-0.2, 0) is 0 Å². The molecule has 150 valence electrons. The quantitative estimate of drug-likeness (QED) is 0.508. The SMILES string of the molecule is CNc1cc(N2CCC(O)CC2)c(C(=O)NCCC(F)(F)F)cc1[N+](=O)[O-]. The Balaban J connectivity index is 2.35. The number of amides is 1. The molecule has 0 saturated carbocycles. The molecule has 2 rings (SSSR count). The first kappa shape index (κ1) is 20.7. The lowest BCUT2D eigenvalue weighted by Crippen LogP contribution is -2.37. The molecule has 1 amide bonds. The van der Waals surface area contributed by atoms with Gasteiger partial charge < -0.3 is 20.6 Å². The zero-order valence-electron chi connectivity index (χ0n) is 14.7. The van der Waals surface area contributed by atoms with E-state index >= 15 is 0 Å². The molecule has 1 heterocycles. The summed E-state index contributed by atoms with van der Waals surface area (Å²) in [5, 5.41) is 25.8. The van der Waals surface area contributed by atoms with E-state index in [0.717, 1.165) is 6.07 Å². The highest BCUT2D eigenvalue weighted by atomic mass is 19.4. The van der Waals surface area contributed by atoms with E-state index in [0.29, 0.717) is 31.6 Å². The van der Waals surface area contributed by atoms with Crippen LogP contribution in [0.15, 0.2) is 12.1 Å². The van der Waals surface area contributed by atoms with Gasteiger partial charge in [0, 0.05) is 32.7 Å². The van der Waals surface area contributed by atoms with Crippen molar-refractivity contribution in [2.45, 2.75) is 31.5 Å². The van der Waals surface area contributed by atoms with Gasteiger partial charge in [0.05, 0.1) is 28.7 Å². The number of nitrogens with zero attached hydrogens (tertiary/aromatic N) is 2. The van der Waals surface area contributed by atoms with Crippen LogP contribution in [0.3, 0.4) is 0 Å². The van der Waals surface area contributed by atoms with Crippen LogP contribution in [0.5, 0.6) is 0 Å². The van der Waals surface area contributed by atoms with Gasteiger partial charge in [0.2, 0.25) is 0 Å². The van der Waals surface area contributed by atoms with Gasteiger partial charge in [-0.15, -0.1) is 0 Å². The number of nitrogens with one attached hydrogen (secondary N) is 2. The third kappa shape index (κ3) is 5.46. The second-order valence-electron chi connectivity index (χ2n) is 6.23. The molecule has 1 aromatic carbocycles. The van der Waals surface area contributed by atoms with Gasteiger partial charge in [0.1, 0.15) is 5.69 Å². The second kappa shape index (κ2) is 8.42. The molecule has 1 fully saturated rings. The maximum atomic E-state index is 12.4. The lowest BCUT2D eigenvalue weighted by molar-refractivity contribution is -0.384. The molecular formula is C16H21F3N4O4. The average molecular weight is 390 g/mol. The largest absolute Gasteiger partial charge is 0.393 e. The molecule has 27 heavy (non-hydrogen) atoms. The lowest BCUT2D eigenvalue weighted by atomic mass is 10.0. The molecule has 1 aromatic rings. The number of anilines is 2. The van der Waals surface area contributed by atoms with E-state index in [1.165, 1.54) is 13.1 Å². The minimum atomic E-state index is -4.42. The van der Waals surface area contributed by atoms with E-state index in [-0.39, 0.29) is 16.9 Å². The summed E-state index contributed by atoms with van der Waals surface area (Å²) in [4.78, 5) is 24.8. The smallest absolute Gasteiger partial charge is 0.390 e. The first-order valence-electron chi connectivity index (χ1n) is 8.40. The zero-order valence-corrected chi connectivity index (χ0v) is 14.7. The molecule has 0 unspecified atom stereocenters. The second-order valence-corrected chi connectivity index (χ2v) is 6.23. The summed E-state index contributed by atoms with van der Waals surface area (Å²) in [5.74, 6) is -0.814. The van der Waals surface area contributed by atoms with Crippen LogP contribution < -0.4 is 15.5 Å². The van der Waals surface area contributed by atoms with Crippen molar-refractivity contribution in [1.82, 2.24) is 5.32 Å². The molecule has 11 heteroatoms. The van der Waals surface area contributed by atoms with E-state index in [1.807, 2.05) is 0 Å². The van der Waals surface area contributed by atoms with Crippen molar-refractivity contribution in [3.8, 4) is 0 Å². The maximum absolute atomic E-state index is 12.4. The Bertz CT molecular complexity index is 704. The summed E-state index contributed by atoms with van der Waals surface area (Å²) < 4.78 is 36.9. The molecular weight excluding hydrogens is 369 g/mol. The van der Waals surface area contributed by atoms with Gasteiger partial charge in [-0.05, 0) is 18.9 Å². The highest BCUT2D eigenvalue weighted by Crippen LogP contribution is 2.34. The number of alkyl halides is 3. The van der Waals surface area contributed by atoms with Gasteiger partial charge in [-0.2, -0.15) is 13.2 Å². The molecule has 1 aliphatic rings. The Morgan fingerprint density at radius 1 is 1.37 bits per heavy atom. The van der Waals surface area contributed by atoms with E-state index in [2.05, 4.69) is 10.6 Å². The molecule has 0 aromatic heterocycles. The van der Waals surface area contributed by atoms with Gasteiger partial charge in [0.15, 0.2) is 0 Å². The van der Waals surface area contributed by atoms with Crippen LogP contribution in [-0.4, -0.2) is 54.9 Å². The lowest BCUT2D eigenvalue weighted by Gasteiger charge is -2.33. The van der Waals surface area contributed by atoms with E-state index in [9.17, 15) is 33.2 Å². The van der Waals surface area contributed by atoms with Crippen LogP contribution >= 0.6 is 0 Å². The molecule has 0 spiro atoms. The molecule has 1 saturated heterocycles. The zero-order chi connectivity index (χ0) is 20.2. The van der Waals surface area contributed by atoms with Crippen LogP contribution in [0.2, 0.25) is 0 Å². The Morgan fingerprint density at radius 2 is 2.00 bits per heavy atom. The van der Waals surface area contributed by atoms with Crippen molar-refractivity contribution in [2.75, 3.05) is 36.9 Å². The number of benzene rings is 1. The minimum Gasteiger partial charge on any atom is -0.393 e. The Hall–Kier alpha value is -2.56. The predicted octanol–water partition coefficient (Wildman–Crippen LogP) is 2.28. The molecule has 1 aliphatic heterocycles. The number of halogens is 3. The van der Waals surface area contributed by atoms with Gasteiger partial charge in [0.25, 0.3) is 11.6 Å². The summed E-state index contributed by atoms with van der Waals surface area (Å²) in [6, 6.07) is 2.50. The summed E-state index contributed by atoms with van der Waals surface area (Å²) >= 11 is 0. The summed E-state index contributed by atoms with van der Waals surface area (Å²) in [7, 11) is 1.50. The number of carbonyl (C=O) groups is 1. The van der Waals surface area contributed by atoms with Crippen molar-refractivity contribution >= 4 is 23.0 Å². The topological polar surface area (TPSA) is 108 Å². The fourth-order valence-corrected chi connectivity index (χ4v) is 2.89. The number of carbonyl (C=O) groups excluding carboxylic acids is 1. The maximum Gasteiger partial charge on any atom is 0.390 e. The van der Waals surface area contributed by atoms with Crippen molar-refractivity contribution < 1.29 is 28.0 Å². The Morgan fingerprint density at radius 3 is 2.52 bits per heavy atom. The predicted molar refractivity (Wildman–Crippen MR) is 93.1 cm³/mol. The van der Waals surface area contributed by atoms with Crippen LogP contribution in [0.1, 0.15) is 29.6 Å². The molecule has 0 aliphatic carbocycles. The van der Waals surface area contributed by atoms with Gasteiger partial charge in [-0.1, -0.05) is 0 Å². The van der Waals surface area contributed by atoms with Crippen LogP contribution in [0, 0.1) is 10.1 Å². The van der Waals surface area contributed by atoms with Crippen molar-refractivity contribution in [1.29, 1.82) is 0 Å². The number of nitro groups is 1. The summed E-state index contributed by atoms with van der Waals surface area (Å²) in [6.45, 7) is 0.220. The molecule has 0 radical (unpaired) electrons. The van der Waals surface area contributed by atoms with E-state index in [1.54, 1.807) is 4.90 Å². The highest BCUT2D eigenvalue weighted by Gasteiger charge is 2.29. The summed E-state index contributed by atoms with van der Waals surface area (Å²) in [6.07, 6.45) is -5.16. The standard InChI is InChI=1S/C16H21F3N4O4/c1-20-12-9-13(22-6-2-10(24)3-7-22)11(8-14(12)23(26)27)15(25)21-5-4-16(17,18)19/h8-10,20,24H,2-7H2,1H3,(H,21,25). The Labute approximate surface area is 153 Å². The molecule has 0 bridgehead atoms. The van der Waals surface area contributed by atoms with Gasteiger partial charge in [-0.3, -0.25) is 14.9 Å². The normalized spacial score (nSPS) is 15.5. The number of hydrogen-bond donors (Lipinski definition) is 3. The first-order valence-corrected chi connectivity index (χ1v) is 8.40. The first-order chi connectivity index (χ1) is 12.6. The number of aliphatic hydroxyl groups excluding tert-OH is 1. The van der Waals surface area contributed by atoms with E-state index in [4.69, 9.17) is 0 Å². The fraction of sp³-hybridized carbons (Fsp3) is 0.562. The van der Waals surface area contributed by atoms with E-state index < -0.39 is 36.1 Å². The number of hydrogen-bond acceptors (Lipinski definition) is 6. The number of aliphatic hydroxyl groups is 1. The molecule has 0 atom stereocenters. The summed E-state index contributed by atoms with van der Waals surface area (Å²) in [5.41, 5.74) is 0.146. The number of piperidine rings is 1. The molecule has 3 N–H and O–H groups in total. The third-order valence-corrected chi connectivity index (χ3v) is 4.32. The monoisotopic (exact) mass is 390 g/mol. The minimum absolute atomic E-state index is 0.0701. The number of nitro benzene ring substituents is 1. The van der Waals surface area contributed by atoms with Gasteiger partial charge >= 0.3 is 6.18 Å². The Kier molecular flexibility index (Phi) is 6.47. The van der Waals surface area contributed by atoms with Crippen molar-refractivity contribution in [3.05, 3.63) is 27.8 Å².